The molecule has 0 rings (SSSR count). The molecule has 3 nitrogen and oxygen atoms in total. The Morgan fingerprint density at radius 2 is 1.71 bits per heavy atom. The number of thioether (sulfide) groups is 1. The van der Waals surface area contributed by atoms with Crippen molar-refractivity contribution in [1.82, 2.24) is 5.32 Å². The van der Waals surface area contributed by atoms with Crippen LogP contribution in [-0.2, 0) is 4.74 Å². The van der Waals surface area contributed by atoms with Crippen LogP contribution < -0.4 is 5.32 Å². The van der Waals surface area contributed by atoms with Crippen molar-refractivity contribution in [2.24, 2.45) is 0 Å². The third-order valence-corrected chi connectivity index (χ3v) is 2.99. The van der Waals surface area contributed by atoms with Crippen LogP contribution in [0.1, 0.15) is 52.4 Å². The number of carbonyl (C=O) groups is 1. The van der Waals surface area contributed by atoms with E-state index in [4.69, 9.17) is 4.74 Å². The van der Waals surface area contributed by atoms with Gasteiger partial charge < -0.3 is 10.1 Å². The molecule has 0 bridgehead atoms. The molecule has 0 aromatic rings. The molecule has 0 aliphatic carbocycles. The zero-order valence-corrected chi connectivity index (χ0v) is 12.3. The van der Waals surface area contributed by atoms with Gasteiger partial charge in [-0.2, -0.15) is 0 Å². The van der Waals surface area contributed by atoms with Gasteiger partial charge in [0, 0.05) is 13.2 Å². The molecule has 0 aromatic carbocycles. The average molecular weight is 261 g/mol. The number of hydrogen-bond acceptors (Lipinski definition) is 3. The molecule has 4 heteroatoms. The van der Waals surface area contributed by atoms with Crippen LogP contribution in [0.5, 0.6) is 0 Å². The van der Waals surface area contributed by atoms with E-state index in [2.05, 4.69) is 19.2 Å². The highest BCUT2D eigenvalue weighted by atomic mass is 32.2. The molecule has 0 aromatic heterocycles. The maximum Gasteiger partial charge on any atom is 0.278 e. The summed E-state index contributed by atoms with van der Waals surface area (Å²) in [6.07, 6.45) is 9.42. The summed E-state index contributed by atoms with van der Waals surface area (Å²) < 4.78 is 5.48. The zero-order chi connectivity index (χ0) is 12.9. The first kappa shape index (κ1) is 16.8. The smallest absolute Gasteiger partial charge is 0.278 e. The second kappa shape index (κ2) is 12.2. The lowest BCUT2D eigenvalue weighted by Crippen LogP contribution is -2.19. The summed E-state index contributed by atoms with van der Waals surface area (Å²) in [5.41, 5.74) is 0. The number of carbonyl (C=O) groups excluding carboxylic acids is 1. The van der Waals surface area contributed by atoms with E-state index in [0.29, 0.717) is 6.10 Å². The monoisotopic (exact) mass is 261 g/mol. The fraction of sp³-hybridized carbons (Fsp3) is 0.923. The predicted octanol–water partition coefficient (Wildman–Crippen LogP) is 3.82. The fourth-order valence-corrected chi connectivity index (χ4v) is 1.76. The third kappa shape index (κ3) is 13.7. The Balaban J connectivity index is 3.01. The molecule has 0 atom stereocenters. The Labute approximate surface area is 110 Å². The van der Waals surface area contributed by atoms with Crippen molar-refractivity contribution in [1.29, 1.82) is 0 Å². The van der Waals surface area contributed by atoms with E-state index in [1.54, 1.807) is 6.26 Å². The molecule has 102 valence electrons. The van der Waals surface area contributed by atoms with Crippen LogP contribution in [0.3, 0.4) is 0 Å². The lowest BCUT2D eigenvalue weighted by molar-refractivity contribution is 0.0757. The van der Waals surface area contributed by atoms with Gasteiger partial charge in [0.2, 0.25) is 0 Å². The van der Waals surface area contributed by atoms with Gasteiger partial charge in [-0.3, -0.25) is 4.79 Å². The summed E-state index contributed by atoms with van der Waals surface area (Å²) in [5.74, 6) is 0. The number of ether oxygens (including phenoxy) is 1. The van der Waals surface area contributed by atoms with Gasteiger partial charge in [-0.15, -0.1) is 0 Å². The van der Waals surface area contributed by atoms with Gasteiger partial charge in [-0.05, 0) is 32.9 Å². The molecule has 0 spiro atoms. The topological polar surface area (TPSA) is 38.3 Å². The highest BCUT2D eigenvalue weighted by Gasteiger charge is 1.96. The van der Waals surface area contributed by atoms with Crippen LogP contribution in [0.2, 0.25) is 0 Å². The Morgan fingerprint density at radius 1 is 1.12 bits per heavy atom. The molecule has 0 saturated carbocycles. The minimum atomic E-state index is 0.0795. The van der Waals surface area contributed by atoms with Crippen LogP contribution in [0, 0.1) is 0 Å². The van der Waals surface area contributed by atoms with E-state index in [1.807, 2.05) is 0 Å². The summed E-state index contributed by atoms with van der Waals surface area (Å²) in [4.78, 5) is 10.9. The number of amides is 1. The van der Waals surface area contributed by atoms with E-state index < -0.39 is 0 Å². The van der Waals surface area contributed by atoms with Crippen molar-refractivity contribution < 1.29 is 9.53 Å². The molecular weight excluding hydrogens is 234 g/mol. The first-order valence-electron chi connectivity index (χ1n) is 6.60. The molecule has 0 aliphatic heterocycles. The van der Waals surface area contributed by atoms with Crippen LogP contribution in [0.25, 0.3) is 0 Å². The first-order valence-corrected chi connectivity index (χ1v) is 7.82. The van der Waals surface area contributed by atoms with E-state index in [-0.39, 0.29) is 5.24 Å². The minimum absolute atomic E-state index is 0.0795. The third-order valence-electron chi connectivity index (χ3n) is 2.48. The number of hydrogen-bond donors (Lipinski definition) is 1. The lowest BCUT2D eigenvalue weighted by atomic mass is 10.1. The number of unbranched alkanes of at least 4 members (excludes halogenated alkanes) is 5. The van der Waals surface area contributed by atoms with Gasteiger partial charge in [0.25, 0.3) is 5.24 Å². The van der Waals surface area contributed by atoms with Crippen molar-refractivity contribution in [3.63, 3.8) is 0 Å². The molecule has 1 amide bonds. The second-order valence-electron chi connectivity index (χ2n) is 4.46. The minimum Gasteiger partial charge on any atom is -0.379 e. The van der Waals surface area contributed by atoms with Crippen molar-refractivity contribution >= 4 is 17.0 Å². The average Bonchev–Trinajstić information content (AvgIpc) is 2.30. The Kier molecular flexibility index (Phi) is 12.1. The van der Waals surface area contributed by atoms with Crippen molar-refractivity contribution in [2.75, 3.05) is 19.4 Å². The normalized spacial score (nSPS) is 10.8. The molecule has 0 unspecified atom stereocenters. The maximum atomic E-state index is 10.9. The van der Waals surface area contributed by atoms with Crippen LogP contribution in [0.4, 0.5) is 4.79 Å². The molecule has 0 aliphatic rings. The molecule has 0 fully saturated rings. The standard InChI is InChI=1S/C13H27NO2S/c1-12(2)16-11-9-7-5-4-6-8-10-14-13(15)17-3/h12H,4-11H2,1-3H3,(H,14,15). The van der Waals surface area contributed by atoms with Gasteiger partial charge >= 0.3 is 0 Å². The summed E-state index contributed by atoms with van der Waals surface area (Å²) in [6, 6.07) is 0. The first-order chi connectivity index (χ1) is 8.16. The number of rotatable bonds is 10. The molecular formula is C13H27NO2S. The van der Waals surface area contributed by atoms with Crippen LogP contribution in [-0.4, -0.2) is 30.8 Å². The van der Waals surface area contributed by atoms with E-state index in [0.717, 1.165) is 19.6 Å². The summed E-state index contributed by atoms with van der Waals surface area (Å²) >= 11 is 1.24. The fourth-order valence-electron chi connectivity index (χ4n) is 1.52. The zero-order valence-electron chi connectivity index (χ0n) is 11.5. The molecule has 0 radical (unpaired) electrons. The molecule has 0 heterocycles. The Morgan fingerprint density at radius 3 is 2.29 bits per heavy atom. The van der Waals surface area contributed by atoms with Gasteiger partial charge in [-0.25, -0.2) is 0 Å². The number of nitrogens with one attached hydrogen (secondary N) is 1. The molecule has 17 heavy (non-hydrogen) atoms. The van der Waals surface area contributed by atoms with Crippen LogP contribution in [0.15, 0.2) is 0 Å². The van der Waals surface area contributed by atoms with Gasteiger partial charge in [0.1, 0.15) is 0 Å². The highest BCUT2D eigenvalue weighted by molar-refractivity contribution is 8.12. The Bertz CT molecular complexity index is 186. The van der Waals surface area contributed by atoms with Crippen LogP contribution >= 0.6 is 11.8 Å². The van der Waals surface area contributed by atoms with Crippen molar-refractivity contribution in [3.05, 3.63) is 0 Å². The van der Waals surface area contributed by atoms with E-state index in [1.165, 1.54) is 43.9 Å². The molecule has 0 saturated heterocycles. The van der Waals surface area contributed by atoms with Crippen molar-refractivity contribution in [2.45, 2.75) is 58.5 Å². The Hall–Kier alpha value is -0.220. The summed E-state index contributed by atoms with van der Waals surface area (Å²) in [6.45, 7) is 5.85. The van der Waals surface area contributed by atoms with Gasteiger partial charge in [-0.1, -0.05) is 37.4 Å². The maximum absolute atomic E-state index is 10.9. The van der Waals surface area contributed by atoms with Crippen molar-refractivity contribution in [3.8, 4) is 0 Å². The molecule has 1 N–H and O–H groups in total. The van der Waals surface area contributed by atoms with E-state index >= 15 is 0 Å². The largest absolute Gasteiger partial charge is 0.379 e. The predicted molar refractivity (Wildman–Crippen MR) is 75.7 cm³/mol. The summed E-state index contributed by atoms with van der Waals surface area (Å²) in [7, 11) is 0. The second-order valence-corrected chi connectivity index (χ2v) is 5.24. The van der Waals surface area contributed by atoms with Gasteiger partial charge in [0.15, 0.2) is 0 Å². The van der Waals surface area contributed by atoms with E-state index in [9.17, 15) is 4.79 Å². The quantitative estimate of drug-likeness (QED) is 0.607. The van der Waals surface area contributed by atoms with Gasteiger partial charge in [0.05, 0.1) is 6.10 Å². The lowest BCUT2D eigenvalue weighted by Gasteiger charge is -2.07. The highest BCUT2D eigenvalue weighted by Crippen LogP contribution is 2.06. The SMILES string of the molecule is CSC(=O)NCCCCCCCCOC(C)C. The summed E-state index contributed by atoms with van der Waals surface area (Å²) in [5, 5.41) is 2.94.